The molecule has 0 atom stereocenters. The lowest BCUT2D eigenvalue weighted by Gasteiger charge is -2.10. The van der Waals surface area contributed by atoms with Gasteiger partial charge in [0.2, 0.25) is 5.78 Å². The molecule has 0 aromatic heterocycles. The van der Waals surface area contributed by atoms with E-state index in [1.807, 2.05) is 18.2 Å². The Morgan fingerprint density at radius 1 is 1.35 bits per heavy atom. The Kier molecular flexibility index (Phi) is 4.69. The van der Waals surface area contributed by atoms with Crippen molar-refractivity contribution in [3.05, 3.63) is 29.3 Å². The molecule has 1 rings (SSSR count). The molecule has 0 unspecified atom stereocenters. The van der Waals surface area contributed by atoms with Crippen LogP contribution in [0.1, 0.15) is 25.0 Å². The number of rotatable bonds is 5. The van der Waals surface area contributed by atoms with Crippen LogP contribution in [-0.4, -0.2) is 18.8 Å². The summed E-state index contributed by atoms with van der Waals surface area (Å²) in [5.41, 5.74) is 2.04. The quantitative estimate of drug-likeness (QED) is 0.786. The van der Waals surface area contributed by atoms with Crippen LogP contribution in [0.3, 0.4) is 0 Å². The molecule has 0 fully saturated rings. The van der Waals surface area contributed by atoms with Gasteiger partial charge in [0.25, 0.3) is 5.91 Å². The summed E-state index contributed by atoms with van der Waals surface area (Å²) >= 11 is 0. The maximum Gasteiger partial charge on any atom is 0.287 e. The summed E-state index contributed by atoms with van der Waals surface area (Å²) in [5, 5.41) is 2.56. The molecule has 4 heteroatoms. The first-order valence-corrected chi connectivity index (χ1v) is 5.53. The van der Waals surface area contributed by atoms with Crippen molar-refractivity contribution in [2.45, 2.75) is 26.8 Å². The predicted octanol–water partition coefficient (Wildman–Crippen LogP) is 1.46. The number of Topliss-reactive ketones (excluding diaryl/α,β-unsaturated/α-hetero) is 1. The minimum atomic E-state index is -0.575. The molecule has 0 bridgehead atoms. The minimum absolute atomic E-state index is 0.301. The lowest BCUT2D eigenvalue weighted by atomic mass is 10.1. The summed E-state index contributed by atoms with van der Waals surface area (Å²) in [5.74, 6) is -0.351. The molecular weight excluding hydrogens is 218 g/mol. The third kappa shape index (κ3) is 3.59. The van der Waals surface area contributed by atoms with Crippen LogP contribution in [0.2, 0.25) is 0 Å². The number of benzene rings is 1. The second-order valence-electron chi connectivity index (χ2n) is 3.74. The molecule has 0 spiro atoms. The van der Waals surface area contributed by atoms with Crippen molar-refractivity contribution in [3.8, 4) is 5.75 Å². The normalized spacial score (nSPS) is 9.82. The molecular formula is C13H17NO3. The zero-order chi connectivity index (χ0) is 12.8. The largest absolute Gasteiger partial charge is 0.496 e. The van der Waals surface area contributed by atoms with Gasteiger partial charge in [0.05, 0.1) is 7.11 Å². The second-order valence-corrected chi connectivity index (χ2v) is 3.74. The number of carbonyl (C=O) groups excluding carboxylic acids is 2. The summed E-state index contributed by atoms with van der Waals surface area (Å²) in [6, 6.07) is 5.82. The number of nitrogens with one attached hydrogen (secondary N) is 1. The number of ketones is 1. The number of hydrogen-bond acceptors (Lipinski definition) is 3. The second kappa shape index (κ2) is 6.03. The van der Waals surface area contributed by atoms with Gasteiger partial charge in [0.15, 0.2) is 0 Å². The average Bonchev–Trinajstić information content (AvgIpc) is 2.35. The number of carbonyl (C=O) groups is 2. The van der Waals surface area contributed by atoms with Gasteiger partial charge in [-0.3, -0.25) is 9.59 Å². The molecule has 0 radical (unpaired) electrons. The van der Waals surface area contributed by atoms with Crippen LogP contribution >= 0.6 is 0 Å². The van der Waals surface area contributed by atoms with E-state index in [1.165, 1.54) is 6.92 Å². The van der Waals surface area contributed by atoms with Crippen molar-refractivity contribution in [3.63, 3.8) is 0 Å². The lowest BCUT2D eigenvalue weighted by molar-refractivity contribution is -0.136. The minimum Gasteiger partial charge on any atom is -0.496 e. The number of hydrogen-bond donors (Lipinski definition) is 1. The maximum absolute atomic E-state index is 11.2. The van der Waals surface area contributed by atoms with Gasteiger partial charge in [-0.25, -0.2) is 0 Å². The van der Waals surface area contributed by atoms with Gasteiger partial charge in [-0.05, 0) is 18.1 Å². The molecule has 0 saturated heterocycles. The van der Waals surface area contributed by atoms with Gasteiger partial charge < -0.3 is 10.1 Å². The van der Waals surface area contributed by atoms with Crippen LogP contribution in [0.25, 0.3) is 0 Å². The SMILES string of the molecule is CCc1ccc(OC)c(CNC(=O)C(C)=O)c1. The maximum atomic E-state index is 11.2. The van der Waals surface area contributed by atoms with Crippen molar-refractivity contribution < 1.29 is 14.3 Å². The third-order valence-corrected chi connectivity index (χ3v) is 2.51. The summed E-state index contributed by atoms with van der Waals surface area (Å²) in [4.78, 5) is 22.0. The molecule has 0 saturated carbocycles. The monoisotopic (exact) mass is 235 g/mol. The highest BCUT2D eigenvalue weighted by atomic mass is 16.5. The predicted molar refractivity (Wildman–Crippen MR) is 64.9 cm³/mol. The first-order chi connectivity index (χ1) is 8.08. The Labute approximate surface area is 101 Å². The molecule has 0 heterocycles. The fraction of sp³-hybridized carbons (Fsp3) is 0.385. The summed E-state index contributed by atoms with van der Waals surface area (Å²) in [6.07, 6.45) is 0.914. The first kappa shape index (κ1) is 13.2. The van der Waals surface area contributed by atoms with Crippen LogP contribution in [0.4, 0.5) is 0 Å². The van der Waals surface area contributed by atoms with Crippen LogP contribution in [-0.2, 0) is 22.6 Å². The Hall–Kier alpha value is -1.84. The Morgan fingerprint density at radius 2 is 2.06 bits per heavy atom. The number of ether oxygens (including phenoxy) is 1. The lowest BCUT2D eigenvalue weighted by Crippen LogP contribution is -2.28. The van der Waals surface area contributed by atoms with Crippen LogP contribution in [0.15, 0.2) is 18.2 Å². The fourth-order valence-corrected chi connectivity index (χ4v) is 1.49. The zero-order valence-corrected chi connectivity index (χ0v) is 10.4. The van der Waals surface area contributed by atoms with Crippen molar-refractivity contribution >= 4 is 11.7 Å². The Bertz CT molecular complexity index is 427. The van der Waals surface area contributed by atoms with Gasteiger partial charge in [0.1, 0.15) is 5.75 Å². The standard InChI is InChI=1S/C13H17NO3/c1-4-10-5-6-12(17-3)11(7-10)8-14-13(16)9(2)15/h5-7H,4,8H2,1-3H3,(H,14,16). The highest BCUT2D eigenvalue weighted by Crippen LogP contribution is 2.19. The molecule has 0 aliphatic heterocycles. The van der Waals surface area contributed by atoms with E-state index in [-0.39, 0.29) is 0 Å². The highest BCUT2D eigenvalue weighted by Gasteiger charge is 2.09. The number of amides is 1. The van der Waals surface area contributed by atoms with Crippen LogP contribution < -0.4 is 10.1 Å². The number of methoxy groups -OCH3 is 1. The Morgan fingerprint density at radius 3 is 2.59 bits per heavy atom. The first-order valence-electron chi connectivity index (χ1n) is 5.53. The van der Waals surface area contributed by atoms with E-state index in [0.717, 1.165) is 17.5 Å². The van der Waals surface area contributed by atoms with Gasteiger partial charge in [-0.1, -0.05) is 19.1 Å². The van der Waals surface area contributed by atoms with Crippen molar-refractivity contribution in [1.29, 1.82) is 0 Å². The highest BCUT2D eigenvalue weighted by molar-refractivity contribution is 6.35. The van der Waals surface area contributed by atoms with Crippen LogP contribution in [0.5, 0.6) is 5.75 Å². The van der Waals surface area contributed by atoms with Crippen molar-refractivity contribution in [1.82, 2.24) is 5.32 Å². The van der Waals surface area contributed by atoms with Crippen molar-refractivity contribution in [2.75, 3.05) is 7.11 Å². The van der Waals surface area contributed by atoms with E-state index in [0.29, 0.717) is 12.3 Å². The van der Waals surface area contributed by atoms with E-state index in [9.17, 15) is 9.59 Å². The van der Waals surface area contributed by atoms with E-state index in [4.69, 9.17) is 4.74 Å². The Balaban J connectivity index is 2.81. The van der Waals surface area contributed by atoms with Gasteiger partial charge >= 0.3 is 0 Å². The topological polar surface area (TPSA) is 55.4 Å². The molecule has 17 heavy (non-hydrogen) atoms. The van der Waals surface area contributed by atoms with Crippen LogP contribution in [0, 0.1) is 0 Å². The van der Waals surface area contributed by atoms with E-state index >= 15 is 0 Å². The van der Waals surface area contributed by atoms with Gasteiger partial charge in [0, 0.05) is 19.0 Å². The van der Waals surface area contributed by atoms with Gasteiger partial charge in [-0.2, -0.15) is 0 Å². The average molecular weight is 235 g/mol. The molecule has 0 aliphatic rings. The smallest absolute Gasteiger partial charge is 0.287 e. The molecule has 92 valence electrons. The summed E-state index contributed by atoms with van der Waals surface area (Å²) in [7, 11) is 1.58. The molecule has 1 amide bonds. The zero-order valence-electron chi connectivity index (χ0n) is 10.4. The van der Waals surface area contributed by atoms with Gasteiger partial charge in [-0.15, -0.1) is 0 Å². The van der Waals surface area contributed by atoms with Crippen molar-refractivity contribution in [2.24, 2.45) is 0 Å². The van der Waals surface area contributed by atoms with E-state index in [1.54, 1.807) is 7.11 Å². The summed E-state index contributed by atoms with van der Waals surface area (Å²) < 4.78 is 5.20. The molecule has 1 N–H and O–H groups in total. The fourth-order valence-electron chi connectivity index (χ4n) is 1.49. The molecule has 0 aliphatic carbocycles. The number of aryl methyl sites for hydroxylation is 1. The third-order valence-electron chi connectivity index (χ3n) is 2.51. The van der Waals surface area contributed by atoms with E-state index < -0.39 is 11.7 Å². The molecule has 1 aromatic carbocycles. The molecule has 1 aromatic rings. The summed E-state index contributed by atoms with van der Waals surface area (Å²) in [6.45, 7) is 3.60. The van der Waals surface area contributed by atoms with E-state index in [2.05, 4.69) is 12.2 Å². The molecule has 4 nitrogen and oxygen atoms in total.